The Bertz CT molecular complexity index is 1970. The highest BCUT2D eigenvalue weighted by Crippen LogP contribution is 2.49. The number of ether oxygens (including phenoxy) is 2. The minimum atomic E-state index is -2.78. The third-order valence-electron chi connectivity index (χ3n) is 13.6. The van der Waals surface area contributed by atoms with Gasteiger partial charge >= 0.3 is 0 Å². The zero-order chi connectivity index (χ0) is 42.2. The van der Waals surface area contributed by atoms with E-state index in [1.165, 1.54) is 26.3 Å². The number of fused-ring (bicyclic) bond motifs is 1. The molecular formula is C54H68O4Si2. The third-order valence-corrected chi connectivity index (χ3v) is 23.6. The standard InChI is InChI=1S/C54H68O4Si2/c1-8-34-55-51-37-43-35-45(40-57-59(53(2,3)4,47-26-16-10-17-27-47)48-28-18-11-19-29-48)46(36-44(43)38-52(51)56-39-42-24-14-9-15-25-42)41-58-60(54(5,6)7,49-30-20-12-21-31-49)50-32-22-13-23-33-50/h8-33,43-46,51-52H,1,34-41H2,2-7H3/t43-,44+,45+,46+,51+,52+/m0/s1. The summed E-state index contributed by atoms with van der Waals surface area (Å²) in [5.74, 6) is 1.64. The summed E-state index contributed by atoms with van der Waals surface area (Å²) in [6, 6.07) is 55.0. The van der Waals surface area contributed by atoms with Crippen LogP contribution in [0.4, 0.5) is 0 Å². The lowest BCUT2D eigenvalue weighted by atomic mass is 9.62. The van der Waals surface area contributed by atoms with E-state index in [0.717, 1.165) is 25.7 Å². The smallest absolute Gasteiger partial charge is 0.261 e. The van der Waals surface area contributed by atoms with E-state index in [0.29, 0.717) is 50.1 Å². The van der Waals surface area contributed by atoms with Crippen LogP contribution < -0.4 is 20.7 Å². The Morgan fingerprint density at radius 1 is 0.483 bits per heavy atom. The summed E-state index contributed by atoms with van der Waals surface area (Å²) in [4.78, 5) is 0. The van der Waals surface area contributed by atoms with Crippen molar-refractivity contribution in [2.45, 2.75) is 96.1 Å². The molecule has 0 radical (unpaired) electrons. The first-order valence-electron chi connectivity index (χ1n) is 22.3. The molecule has 4 nitrogen and oxygen atoms in total. The lowest BCUT2D eigenvalue weighted by Crippen LogP contribution is -2.67. The molecule has 0 saturated heterocycles. The maximum atomic E-state index is 7.82. The summed E-state index contributed by atoms with van der Waals surface area (Å²) in [5, 5.41) is 5.09. The van der Waals surface area contributed by atoms with Crippen molar-refractivity contribution >= 4 is 37.4 Å². The van der Waals surface area contributed by atoms with Crippen LogP contribution in [0.3, 0.4) is 0 Å². The topological polar surface area (TPSA) is 36.9 Å². The molecule has 0 unspecified atom stereocenters. The molecule has 7 rings (SSSR count). The highest BCUT2D eigenvalue weighted by atomic mass is 28.4. The van der Waals surface area contributed by atoms with Crippen molar-refractivity contribution in [1.82, 2.24) is 0 Å². The molecule has 316 valence electrons. The van der Waals surface area contributed by atoms with E-state index in [1.54, 1.807) is 0 Å². The average molecular weight is 837 g/mol. The first-order chi connectivity index (χ1) is 29.0. The number of benzene rings is 5. The Morgan fingerprint density at radius 2 is 0.817 bits per heavy atom. The summed E-state index contributed by atoms with van der Waals surface area (Å²) < 4.78 is 29.0. The lowest BCUT2D eigenvalue weighted by molar-refractivity contribution is -0.131. The van der Waals surface area contributed by atoms with Gasteiger partial charge in [0.25, 0.3) is 16.6 Å². The quantitative estimate of drug-likeness (QED) is 0.0733. The second kappa shape index (κ2) is 19.4. The normalized spacial score (nSPS) is 22.5. The molecule has 2 aliphatic carbocycles. The van der Waals surface area contributed by atoms with Gasteiger partial charge in [-0.1, -0.05) is 199 Å². The number of hydrogen-bond acceptors (Lipinski definition) is 4. The maximum absolute atomic E-state index is 7.82. The number of rotatable bonds is 16. The third kappa shape index (κ3) is 9.45. The molecular weight excluding hydrogens is 769 g/mol. The molecule has 6 atom stereocenters. The van der Waals surface area contributed by atoms with Gasteiger partial charge in [-0.3, -0.25) is 0 Å². The number of hydrogen-bond donors (Lipinski definition) is 0. The summed E-state index contributed by atoms with van der Waals surface area (Å²) in [6.07, 6.45) is 6.05. The Morgan fingerprint density at radius 3 is 1.15 bits per heavy atom. The van der Waals surface area contributed by atoms with E-state index in [2.05, 4.69) is 200 Å². The molecule has 0 amide bonds. The Kier molecular flexibility index (Phi) is 14.3. The molecule has 2 aliphatic rings. The van der Waals surface area contributed by atoms with Crippen LogP contribution in [0.1, 0.15) is 72.8 Å². The largest absolute Gasteiger partial charge is 0.407 e. The molecule has 0 bridgehead atoms. The maximum Gasteiger partial charge on any atom is 0.261 e. The van der Waals surface area contributed by atoms with Crippen molar-refractivity contribution in [1.29, 1.82) is 0 Å². The van der Waals surface area contributed by atoms with E-state index >= 15 is 0 Å². The minimum Gasteiger partial charge on any atom is -0.407 e. The summed E-state index contributed by atoms with van der Waals surface area (Å²) >= 11 is 0. The van der Waals surface area contributed by atoms with E-state index < -0.39 is 16.6 Å². The van der Waals surface area contributed by atoms with Crippen LogP contribution in [-0.2, 0) is 24.9 Å². The molecule has 5 aromatic carbocycles. The van der Waals surface area contributed by atoms with Gasteiger partial charge in [0.05, 0.1) is 25.4 Å². The van der Waals surface area contributed by atoms with Crippen LogP contribution in [0.15, 0.2) is 164 Å². The highest BCUT2D eigenvalue weighted by Gasteiger charge is 2.54. The van der Waals surface area contributed by atoms with Crippen LogP contribution in [0.5, 0.6) is 0 Å². The minimum absolute atomic E-state index is 0.0227. The molecule has 5 aromatic rings. The summed E-state index contributed by atoms with van der Waals surface area (Å²) in [6.45, 7) is 20.8. The summed E-state index contributed by atoms with van der Waals surface area (Å²) in [5.41, 5.74) is 1.20. The second-order valence-electron chi connectivity index (χ2n) is 19.4. The second-order valence-corrected chi connectivity index (χ2v) is 28.0. The first kappa shape index (κ1) is 44.2. The monoisotopic (exact) mass is 836 g/mol. The summed E-state index contributed by atoms with van der Waals surface area (Å²) in [7, 11) is -5.55. The van der Waals surface area contributed by atoms with Crippen LogP contribution in [0.2, 0.25) is 10.1 Å². The van der Waals surface area contributed by atoms with Gasteiger partial charge in [-0.05, 0) is 85.7 Å². The van der Waals surface area contributed by atoms with Crippen LogP contribution in [0.25, 0.3) is 0 Å². The van der Waals surface area contributed by atoms with Gasteiger partial charge in [-0.2, -0.15) is 0 Å². The van der Waals surface area contributed by atoms with Crippen LogP contribution >= 0.6 is 0 Å². The zero-order valence-corrected chi connectivity index (χ0v) is 39.0. The van der Waals surface area contributed by atoms with E-state index in [-0.39, 0.29) is 22.3 Å². The fourth-order valence-electron chi connectivity index (χ4n) is 10.7. The van der Waals surface area contributed by atoms with Crippen molar-refractivity contribution < 1.29 is 18.3 Å². The SMILES string of the molecule is C=CCO[C@@H]1C[C@@H]2C[C@H](CO[Si](c3ccccc3)(c3ccccc3)C(C)(C)C)[C@@H](CO[Si](c3ccccc3)(c3ccccc3)C(C)(C)C)C[C@@H]2C[C@H]1OCc1ccccc1. The van der Waals surface area contributed by atoms with Crippen molar-refractivity contribution in [3.05, 3.63) is 170 Å². The van der Waals surface area contributed by atoms with Crippen LogP contribution in [0, 0.1) is 23.7 Å². The predicted molar refractivity (Wildman–Crippen MR) is 255 cm³/mol. The van der Waals surface area contributed by atoms with E-state index in [1.807, 2.05) is 6.08 Å². The van der Waals surface area contributed by atoms with Crippen molar-refractivity contribution in [3.8, 4) is 0 Å². The fraction of sp³-hybridized carbons (Fsp3) is 0.407. The molecule has 6 heteroatoms. The molecule has 0 N–H and O–H groups in total. The fourth-order valence-corrected chi connectivity index (χ4v) is 20.0. The lowest BCUT2D eigenvalue weighted by Gasteiger charge is -2.50. The van der Waals surface area contributed by atoms with E-state index in [4.69, 9.17) is 18.3 Å². The van der Waals surface area contributed by atoms with Gasteiger partial charge in [0.2, 0.25) is 0 Å². The molecule has 2 saturated carbocycles. The van der Waals surface area contributed by atoms with Crippen LogP contribution in [-0.4, -0.2) is 48.7 Å². The average Bonchev–Trinajstić information content (AvgIpc) is 3.26. The van der Waals surface area contributed by atoms with Gasteiger partial charge in [-0.15, -0.1) is 6.58 Å². The van der Waals surface area contributed by atoms with Gasteiger partial charge < -0.3 is 18.3 Å². The predicted octanol–water partition coefficient (Wildman–Crippen LogP) is 10.3. The van der Waals surface area contributed by atoms with Crippen molar-refractivity contribution in [3.63, 3.8) is 0 Å². The van der Waals surface area contributed by atoms with Gasteiger partial charge in [0, 0.05) is 13.2 Å². The molecule has 0 spiro atoms. The molecule has 0 aromatic heterocycles. The highest BCUT2D eigenvalue weighted by molar-refractivity contribution is 7.00. The van der Waals surface area contributed by atoms with Gasteiger partial charge in [0.15, 0.2) is 0 Å². The Balaban J connectivity index is 1.25. The van der Waals surface area contributed by atoms with Gasteiger partial charge in [0.1, 0.15) is 0 Å². The molecule has 60 heavy (non-hydrogen) atoms. The van der Waals surface area contributed by atoms with E-state index in [9.17, 15) is 0 Å². The Hall–Kier alpha value is -3.89. The zero-order valence-electron chi connectivity index (χ0n) is 37.0. The van der Waals surface area contributed by atoms with Crippen molar-refractivity contribution in [2.75, 3.05) is 19.8 Å². The molecule has 0 heterocycles. The van der Waals surface area contributed by atoms with Crippen molar-refractivity contribution in [2.24, 2.45) is 23.7 Å². The molecule has 0 aliphatic heterocycles. The Labute approximate surface area is 363 Å². The molecule has 2 fully saturated rings. The first-order valence-corrected chi connectivity index (χ1v) is 26.2. The van der Waals surface area contributed by atoms with Gasteiger partial charge in [-0.25, -0.2) is 0 Å².